The van der Waals surface area contributed by atoms with Crippen LogP contribution in [-0.4, -0.2) is 63.3 Å². The minimum absolute atomic E-state index is 0.00773. The highest BCUT2D eigenvalue weighted by Gasteiger charge is 2.23. The molecule has 9 nitrogen and oxygen atoms in total. The van der Waals surface area contributed by atoms with Gasteiger partial charge >= 0.3 is 11.9 Å². The van der Waals surface area contributed by atoms with E-state index in [2.05, 4.69) is 29.0 Å². The molecule has 0 fully saturated rings. The molecular formula is C32H32ClN3O6. The van der Waals surface area contributed by atoms with E-state index in [-0.39, 0.29) is 24.7 Å². The molecule has 0 spiro atoms. The Bertz CT molecular complexity index is 1460. The number of terminal acetylenes is 1. The molecule has 0 bridgehead atoms. The fourth-order valence-electron chi connectivity index (χ4n) is 4.80. The van der Waals surface area contributed by atoms with Crippen molar-refractivity contribution in [3.05, 3.63) is 76.2 Å². The van der Waals surface area contributed by atoms with Crippen LogP contribution in [0.5, 0.6) is 5.75 Å². The second-order valence-electron chi connectivity index (χ2n) is 9.80. The van der Waals surface area contributed by atoms with Gasteiger partial charge < -0.3 is 23.8 Å². The van der Waals surface area contributed by atoms with E-state index in [4.69, 9.17) is 37.0 Å². The van der Waals surface area contributed by atoms with Gasteiger partial charge in [-0.15, -0.1) is 6.42 Å². The summed E-state index contributed by atoms with van der Waals surface area (Å²) < 4.78 is 21.4. The highest BCUT2D eigenvalue weighted by Crippen LogP contribution is 2.39. The molecule has 10 heteroatoms. The molecule has 218 valence electrons. The lowest BCUT2D eigenvalue weighted by Crippen LogP contribution is -2.27. The average Bonchev–Trinajstić information content (AvgIpc) is 3.12. The van der Waals surface area contributed by atoms with E-state index in [1.807, 2.05) is 30.1 Å². The largest absolute Gasteiger partial charge is 0.491 e. The van der Waals surface area contributed by atoms with Crippen molar-refractivity contribution in [3.63, 3.8) is 0 Å². The minimum Gasteiger partial charge on any atom is -0.491 e. The van der Waals surface area contributed by atoms with Crippen molar-refractivity contribution in [3.8, 4) is 24.2 Å². The van der Waals surface area contributed by atoms with Gasteiger partial charge in [-0.2, -0.15) is 5.26 Å². The van der Waals surface area contributed by atoms with E-state index in [9.17, 15) is 14.9 Å². The zero-order valence-corrected chi connectivity index (χ0v) is 24.2. The number of cyclic esters (lactones) is 2. The maximum Gasteiger partial charge on any atom is 0.337 e. The number of hydrogen-bond acceptors (Lipinski definition) is 9. The predicted molar refractivity (Wildman–Crippen MR) is 158 cm³/mol. The lowest BCUT2D eigenvalue weighted by Gasteiger charge is -2.28. The first kappa shape index (κ1) is 30.7. The first-order chi connectivity index (χ1) is 20.4. The molecule has 0 unspecified atom stereocenters. The number of nitriles is 1. The maximum absolute atomic E-state index is 11.9. The van der Waals surface area contributed by atoms with E-state index >= 15 is 0 Å². The van der Waals surface area contributed by atoms with Gasteiger partial charge in [-0.1, -0.05) is 23.6 Å². The molecule has 2 aliphatic heterocycles. The summed E-state index contributed by atoms with van der Waals surface area (Å²) in [6, 6.07) is 14.0. The van der Waals surface area contributed by atoms with Crippen LogP contribution < -0.4 is 9.64 Å². The molecule has 4 rings (SSSR count). The van der Waals surface area contributed by atoms with Crippen LogP contribution in [0.2, 0.25) is 5.02 Å². The lowest BCUT2D eigenvalue weighted by molar-refractivity contribution is -0.139. The Labute approximate surface area is 250 Å². The van der Waals surface area contributed by atoms with E-state index in [0.717, 1.165) is 61.5 Å². The normalized spacial score (nSPS) is 17.0. The predicted octanol–water partition coefficient (Wildman–Crippen LogP) is 4.71. The average molecular weight is 590 g/mol. The van der Waals surface area contributed by atoms with Gasteiger partial charge in [0, 0.05) is 35.1 Å². The third-order valence-corrected chi connectivity index (χ3v) is 6.98. The Balaban J connectivity index is 1.41. The standard InChI is InChI=1S/C32H32ClN3O6/c1-3-16-39-17-18-40-26-10-11-27-24(19-26)7-6-23-8-9-25(33)20-28(23)36(27)15-5-4-14-35(2)22-30-29(21-34)41-31(37)12-13-32(38)42-30/h1,8-13,19-20H,4-7,14-18,22H2,2H3/b13-12-,30-29+. The molecule has 0 atom stereocenters. The number of carbonyl (C=O) groups is 2. The number of benzene rings is 2. The Kier molecular flexibility index (Phi) is 11.0. The smallest absolute Gasteiger partial charge is 0.337 e. The Morgan fingerprint density at radius 2 is 1.81 bits per heavy atom. The molecule has 0 saturated heterocycles. The molecule has 0 radical (unpaired) electrons. The number of carbonyl (C=O) groups excluding carboxylic acids is 2. The molecule has 2 aromatic rings. The number of esters is 2. The summed E-state index contributed by atoms with van der Waals surface area (Å²) in [5.41, 5.74) is 4.61. The van der Waals surface area contributed by atoms with Gasteiger partial charge in [0.1, 0.15) is 25.0 Å². The summed E-state index contributed by atoms with van der Waals surface area (Å²) in [5, 5.41) is 10.1. The van der Waals surface area contributed by atoms with E-state index < -0.39 is 11.9 Å². The molecule has 0 aromatic heterocycles. The third-order valence-electron chi connectivity index (χ3n) is 6.75. The van der Waals surface area contributed by atoms with Gasteiger partial charge in [-0.05, 0) is 80.7 Å². The van der Waals surface area contributed by atoms with E-state index in [1.165, 1.54) is 11.1 Å². The summed E-state index contributed by atoms with van der Waals surface area (Å²) in [6.45, 7) is 2.64. The van der Waals surface area contributed by atoms with Gasteiger partial charge in [-0.3, -0.25) is 4.90 Å². The van der Waals surface area contributed by atoms with Crippen molar-refractivity contribution in [1.82, 2.24) is 4.90 Å². The molecule has 2 aliphatic rings. The van der Waals surface area contributed by atoms with Crippen LogP contribution in [0, 0.1) is 23.7 Å². The van der Waals surface area contributed by atoms with Crippen LogP contribution in [-0.2, 0) is 36.6 Å². The molecule has 0 aliphatic carbocycles. The molecule has 0 amide bonds. The van der Waals surface area contributed by atoms with Crippen LogP contribution in [0.1, 0.15) is 24.0 Å². The molecule has 2 heterocycles. The van der Waals surface area contributed by atoms with Crippen LogP contribution >= 0.6 is 11.6 Å². The number of anilines is 2. The van der Waals surface area contributed by atoms with E-state index in [0.29, 0.717) is 24.8 Å². The molecular weight excluding hydrogens is 558 g/mol. The zero-order valence-electron chi connectivity index (χ0n) is 23.4. The van der Waals surface area contributed by atoms with Gasteiger partial charge in [0.2, 0.25) is 5.76 Å². The van der Waals surface area contributed by atoms with Crippen LogP contribution in [0.25, 0.3) is 0 Å². The highest BCUT2D eigenvalue weighted by atomic mass is 35.5. The Hall–Kier alpha value is -4.28. The number of ether oxygens (including phenoxy) is 4. The first-order valence-corrected chi connectivity index (χ1v) is 14.0. The van der Waals surface area contributed by atoms with Crippen LogP contribution in [0.3, 0.4) is 0 Å². The maximum atomic E-state index is 11.9. The molecule has 0 N–H and O–H groups in total. The molecule has 2 aromatic carbocycles. The zero-order chi connectivity index (χ0) is 29.9. The van der Waals surface area contributed by atoms with Crippen LogP contribution in [0.15, 0.2) is 60.1 Å². The first-order valence-electron chi connectivity index (χ1n) is 13.6. The number of nitrogens with zero attached hydrogens (tertiary/aromatic N) is 3. The van der Waals surface area contributed by atoms with Gasteiger partial charge in [0.15, 0.2) is 5.76 Å². The number of hydrogen-bond donors (Lipinski definition) is 0. The second-order valence-corrected chi connectivity index (χ2v) is 10.2. The summed E-state index contributed by atoms with van der Waals surface area (Å²) in [5.74, 6) is 1.39. The van der Waals surface area contributed by atoms with Crippen molar-refractivity contribution >= 4 is 34.9 Å². The minimum atomic E-state index is -0.797. The summed E-state index contributed by atoms with van der Waals surface area (Å²) in [6.07, 6.45) is 10.5. The topological polar surface area (TPSA) is 101 Å². The van der Waals surface area contributed by atoms with E-state index in [1.54, 1.807) is 6.07 Å². The fraction of sp³-hybridized carbons (Fsp3) is 0.344. The van der Waals surface area contributed by atoms with Crippen molar-refractivity contribution in [2.45, 2.75) is 25.7 Å². The summed E-state index contributed by atoms with van der Waals surface area (Å²) in [4.78, 5) is 27.9. The SMILES string of the molecule is C#CCOCCOc1ccc2c(c1)CCc1ccc(Cl)cc1N2CCCCN(C)C/C1=C(/C#N)OC(=O)/C=C\C(=O)O1. The van der Waals surface area contributed by atoms with Crippen molar-refractivity contribution in [2.75, 3.05) is 51.4 Å². The van der Waals surface area contributed by atoms with Gasteiger partial charge in [0.25, 0.3) is 0 Å². The number of rotatable bonds is 12. The number of likely N-dealkylation sites (N-methyl/N-ethyl adjacent to an activating group) is 1. The Morgan fingerprint density at radius 3 is 2.60 bits per heavy atom. The second kappa shape index (κ2) is 15.1. The monoisotopic (exact) mass is 589 g/mol. The van der Waals surface area contributed by atoms with Crippen molar-refractivity contribution < 1.29 is 28.5 Å². The highest BCUT2D eigenvalue weighted by molar-refractivity contribution is 6.30. The number of allylic oxidation sites excluding steroid dienone is 1. The van der Waals surface area contributed by atoms with Crippen molar-refractivity contribution in [1.29, 1.82) is 5.26 Å². The van der Waals surface area contributed by atoms with Crippen LogP contribution in [0.4, 0.5) is 11.4 Å². The number of aryl methyl sites for hydroxylation is 2. The summed E-state index contributed by atoms with van der Waals surface area (Å²) >= 11 is 6.43. The molecule has 42 heavy (non-hydrogen) atoms. The van der Waals surface area contributed by atoms with Crippen molar-refractivity contribution in [2.24, 2.45) is 0 Å². The quantitative estimate of drug-likeness (QED) is 0.198. The third kappa shape index (κ3) is 8.37. The number of halogens is 1. The Morgan fingerprint density at radius 1 is 1.02 bits per heavy atom. The summed E-state index contributed by atoms with van der Waals surface area (Å²) in [7, 11) is 1.85. The number of fused-ring (bicyclic) bond motifs is 2. The number of unbranched alkanes of at least 4 members (excludes halogenated alkanes) is 1. The fourth-order valence-corrected chi connectivity index (χ4v) is 4.97. The molecule has 0 saturated carbocycles. The van der Waals surface area contributed by atoms with Gasteiger partial charge in [0.05, 0.1) is 13.2 Å². The lowest BCUT2D eigenvalue weighted by atomic mass is 10.0. The van der Waals surface area contributed by atoms with Gasteiger partial charge in [-0.25, -0.2) is 9.59 Å².